The summed E-state index contributed by atoms with van der Waals surface area (Å²) in [5.41, 5.74) is 0.242. The Morgan fingerprint density at radius 3 is 2.81 bits per heavy atom. The molecule has 1 aromatic carbocycles. The Morgan fingerprint density at radius 2 is 2.19 bits per heavy atom. The van der Waals surface area contributed by atoms with Crippen LogP contribution in [0.15, 0.2) is 23.1 Å². The van der Waals surface area contributed by atoms with Gasteiger partial charge in [-0.15, -0.1) is 11.8 Å². The van der Waals surface area contributed by atoms with Gasteiger partial charge in [0.05, 0.1) is 5.56 Å². The van der Waals surface area contributed by atoms with Crippen LogP contribution in [-0.4, -0.2) is 11.8 Å². The molecule has 1 heterocycles. The topological polar surface area (TPSA) is 12.0 Å². The van der Waals surface area contributed by atoms with Crippen LogP contribution in [0.2, 0.25) is 0 Å². The third kappa shape index (κ3) is 2.29. The third-order valence-corrected chi connectivity index (χ3v) is 3.82. The molecule has 0 amide bonds. The first kappa shape index (κ1) is 11.6. The van der Waals surface area contributed by atoms with Crippen molar-refractivity contribution in [3.8, 4) is 0 Å². The highest BCUT2D eigenvalue weighted by molar-refractivity contribution is 7.99. The summed E-state index contributed by atoms with van der Waals surface area (Å²) in [5, 5.41) is 3.24. The summed E-state index contributed by atoms with van der Waals surface area (Å²) in [6, 6.07) is 4.23. The van der Waals surface area contributed by atoms with Gasteiger partial charge in [0.25, 0.3) is 0 Å². The maximum absolute atomic E-state index is 12.5. The first-order valence-corrected chi connectivity index (χ1v) is 6.10. The minimum atomic E-state index is -4.25. The zero-order valence-electron chi connectivity index (χ0n) is 8.77. The molecular weight excluding hydrogens is 235 g/mol. The van der Waals surface area contributed by atoms with E-state index in [2.05, 4.69) is 12.2 Å². The number of alkyl halides is 3. The Kier molecular flexibility index (Phi) is 3.06. The lowest BCUT2D eigenvalue weighted by atomic mass is 10.1. The van der Waals surface area contributed by atoms with Gasteiger partial charge in [-0.1, -0.05) is 6.92 Å². The second kappa shape index (κ2) is 4.20. The van der Waals surface area contributed by atoms with E-state index < -0.39 is 11.7 Å². The van der Waals surface area contributed by atoms with Crippen LogP contribution >= 0.6 is 11.8 Å². The number of fused-ring (bicyclic) bond motifs is 1. The first-order valence-electron chi connectivity index (χ1n) is 5.11. The SMILES string of the molecule is CCC1CSc2cc(C(F)(F)F)ccc2N1. The molecule has 2 rings (SSSR count). The van der Waals surface area contributed by atoms with Gasteiger partial charge in [-0.2, -0.15) is 13.2 Å². The molecule has 0 radical (unpaired) electrons. The van der Waals surface area contributed by atoms with Crippen molar-refractivity contribution in [3.63, 3.8) is 0 Å². The van der Waals surface area contributed by atoms with Crippen molar-refractivity contribution in [2.75, 3.05) is 11.1 Å². The predicted octanol–water partition coefficient (Wildman–Crippen LogP) is 4.00. The standard InChI is InChI=1S/C11H12F3NS/c1-2-8-6-16-10-5-7(11(12,13)14)3-4-9(10)15-8/h3-5,8,15H,2,6H2,1H3. The van der Waals surface area contributed by atoms with Crippen molar-refractivity contribution in [2.24, 2.45) is 0 Å². The molecule has 1 unspecified atom stereocenters. The molecule has 16 heavy (non-hydrogen) atoms. The van der Waals surface area contributed by atoms with Crippen LogP contribution in [0.1, 0.15) is 18.9 Å². The number of thioether (sulfide) groups is 1. The van der Waals surface area contributed by atoms with Gasteiger partial charge < -0.3 is 5.32 Å². The van der Waals surface area contributed by atoms with Gasteiger partial charge in [0.2, 0.25) is 0 Å². The van der Waals surface area contributed by atoms with Gasteiger partial charge in [0.1, 0.15) is 0 Å². The average molecular weight is 247 g/mol. The van der Waals surface area contributed by atoms with E-state index in [0.717, 1.165) is 23.9 Å². The number of halogens is 3. The molecule has 0 saturated carbocycles. The van der Waals surface area contributed by atoms with Gasteiger partial charge in [-0.3, -0.25) is 0 Å². The molecule has 0 aliphatic carbocycles. The molecule has 0 fully saturated rings. The van der Waals surface area contributed by atoms with Crippen LogP contribution in [0.3, 0.4) is 0 Å². The molecule has 1 nitrogen and oxygen atoms in total. The molecule has 1 N–H and O–H groups in total. The monoisotopic (exact) mass is 247 g/mol. The largest absolute Gasteiger partial charge is 0.416 e. The number of benzene rings is 1. The van der Waals surface area contributed by atoms with Crippen LogP contribution in [0, 0.1) is 0 Å². The van der Waals surface area contributed by atoms with Crippen molar-refractivity contribution in [2.45, 2.75) is 30.5 Å². The highest BCUT2D eigenvalue weighted by atomic mass is 32.2. The Bertz CT molecular complexity index is 389. The van der Waals surface area contributed by atoms with Crippen molar-refractivity contribution < 1.29 is 13.2 Å². The van der Waals surface area contributed by atoms with E-state index in [1.54, 1.807) is 0 Å². The fraction of sp³-hybridized carbons (Fsp3) is 0.455. The number of hydrogen-bond acceptors (Lipinski definition) is 2. The fourth-order valence-corrected chi connectivity index (χ4v) is 2.80. The van der Waals surface area contributed by atoms with Crippen molar-refractivity contribution in [3.05, 3.63) is 23.8 Å². The second-order valence-corrected chi connectivity index (χ2v) is 4.83. The fourth-order valence-electron chi connectivity index (χ4n) is 1.61. The quantitative estimate of drug-likeness (QED) is 0.805. The van der Waals surface area contributed by atoms with Gasteiger partial charge in [-0.25, -0.2) is 0 Å². The smallest absolute Gasteiger partial charge is 0.381 e. The molecule has 1 aliphatic rings. The van der Waals surface area contributed by atoms with Crippen molar-refractivity contribution >= 4 is 17.4 Å². The van der Waals surface area contributed by atoms with Gasteiger partial charge in [-0.05, 0) is 24.6 Å². The Morgan fingerprint density at radius 1 is 1.44 bits per heavy atom. The number of nitrogens with one attached hydrogen (secondary N) is 1. The summed E-state index contributed by atoms with van der Waals surface area (Å²) >= 11 is 1.49. The van der Waals surface area contributed by atoms with E-state index in [1.165, 1.54) is 23.9 Å². The molecule has 1 aliphatic heterocycles. The van der Waals surface area contributed by atoms with Crippen LogP contribution in [-0.2, 0) is 6.18 Å². The summed E-state index contributed by atoms with van der Waals surface area (Å²) in [4.78, 5) is 0.694. The zero-order valence-corrected chi connectivity index (χ0v) is 9.58. The summed E-state index contributed by atoms with van der Waals surface area (Å²) in [6.07, 6.45) is -3.27. The maximum atomic E-state index is 12.5. The molecule has 5 heteroatoms. The van der Waals surface area contributed by atoms with Crippen LogP contribution in [0.25, 0.3) is 0 Å². The van der Waals surface area contributed by atoms with Crippen LogP contribution in [0.4, 0.5) is 18.9 Å². The lowest BCUT2D eigenvalue weighted by molar-refractivity contribution is -0.137. The molecule has 1 atom stereocenters. The molecule has 88 valence electrons. The summed E-state index contributed by atoms with van der Waals surface area (Å²) < 4.78 is 37.4. The van der Waals surface area contributed by atoms with Crippen LogP contribution in [0.5, 0.6) is 0 Å². The summed E-state index contributed by atoms with van der Waals surface area (Å²) in [7, 11) is 0. The molecule has 0 saturated heterocycles. The van der Waals surface area contributed by atoms with E-state index >= 15 is 0 Å². The van der Waals surface area contributed by atoms with Gasteiger partial charge in [0.15, 0.2) is 0 Å². The number of hydrogen-bond donors (Lipinski definition) is 1. The van der Waals surface area contributed by atoms with E-state index in [4.69, 9.17) is 0 Å². The molecule has 0 aromatic heterocycles. The van der Waals surface area contributed by atoms with E-state index in [0.29, 0.717) is 10.9 Å². The third-order valence-electron chi connectivity index (χ3n) is 2.60. The normalized spacial score (nSPS) is 20.1. The second-order valence-electron chi connectivity index (χ2n) is 3.77. The number of rotatable bonds is 1. The Hall–Kier alpha value is -0.840. The first-order chi connectivity index (χ1) is 7.50. The predicted molar refractivity (Wildman–Crippen MR) is 59.9 cm³/mol. The van der Waals surface area contributed by atoms with Crippen molar-refractivity contribution in [1.82, 2.24) is 0 Å². The van der Waals surface area contributed by atoms with Crippen molar-refractivity contribution in [1.29, 1.82) is 0 Å². The highest BCUT2D eigenvalue weighted by Crippen LogP contribution is 2.38. The van der Waals surface area contributed by atoms with E-state index in [-0.39, 0.29) is 0 Å². The lowest BCUT2D eigenvalue weighted by Gasteiger charge is -2.26. The van der Waals surface area contributed by atoms with Gasteiger partial charge in [0, 0.05) is 22.4 Å². The Balaban J connectivity index is 2.28. The van der Waals surface area contributed by atoms with Gasteiger partial charge >= 0.3 is 6.18 Å². The maximum Gasteiger partial charge on any atom is 0.416 e. The molecule has 1 aromatic rings. The summed E-state index contributed by atoms with van der Waals surface area (Å²) in [6.45, 7) is 2.06. The van der Waals surface area contributed by atoms with Crippen LogP contribution < -0.4 is 5.32 Å². The lowest BCUT2D eigenvalue weighted by Crippen LogP contribution is -2.25. The molecular formula is C11H12F3NS. The van der Waals surface area contributed by atoms with E-state index in [9.17, 15) is 13.2 Å². The number of anilines is 1. The molecule has 0 spiro atoms. The summed E-state index contributed by atoms with van der Waals surface area (Å²) in [5.74, 6) is 0.824. The molecule has 0 bridgehead atoms. The average Bonchev–Trinajstić information content (AvgIpc) is 2.26. The minimum absolute atomic E-state index is 0.356. The minimum Gasteiger partial charge on any atom is -0.381 e. The van der Waals surface area contributed by atoms with E-state index in [1.807, 2.05) is 0 Å². The highest BCUT2D eigenvalue weighted by Gasteiger charge is 2.31. The Labute approximate surface area is 96.4 Å². The zero-order chi connectivity index (χ0) is 11.8.